The van der Waals surface area contributed by atoms with Gasteiger partial charge in [-0.25, -0.2) is 4.98 Å². The highest BCUT2D eigenvalue weighted by atomic mass is 35.5. The number of pyridine rings is 1. The van der Waals surface area contributed by atoms with E-state index < -0.39 is 4.92 Å². The number of anilines is 1. The lowest BCUT2D eigenvalue weighted by atomic mass is 10.1. The first-order valence-electron chi connectivity index (χ1n) is 5.33. The molecular weight excluding hydrogens is 260 g/mol. The van der Waals surface area contributed by atoms with Crippen molar-refractivity contribution in [2.75, 3.05) is 18.0 Å². The highest BCUT2D eigenvalue weighted by Crippen LogP contribution is 2.33. The van der Waals surface area contributed by atoms with Crippen LogP contribution in [0.15, 0.2) is 12.3 Å². The maximum Gasteiger partial charge on any atom is 0.311 e. The van der Waals surface area contributed by atoms with Crippen LogP contribution in [-0.2, 0) is 4.79 Å². The van der Waals surface area contributed by atoms with E-state index in [-0.39, 0.29) is 28.4 Å². The summed E-state index contributed by atoms with van der Waals surface area (Å²) in [5.74, 6) is -0.167. The fourth-order valence-electron chi connectivity index (χ4n) is 1.94. The smallest absolute Gasteiger partial charge is 0.311 e. The molecule has 1 aromatic rings. The Morgan fingerprint density at radius 1 is 1.67 bits per heavy atom. The molecule has 1 aliphatic rings. The zero-order valence-electron chi connectivity index (χ0n) is 9.38. The van der Waals surface area contributed by atoms with Gasteiger partial charge < -0.3 is 10.6 Å². The molecule has 2 rings (SSSR count). The molecule has 18 heavy (non-hydrogen) atoms. The van der Waals surface area contributed by atoms with Crippen LogP contribution < -0.4 is 10.6 Å². The first kappa shape index (κ1) is 12.7. The molecular formula is C10H11ClN4O3. The molecule has 7 nitrogen and oxygen atoms in total. The van der Waals surface area contributed by atoms with Gasteiger partial charge >= 0.3 is 5.69 Å². The molecule has 1 unspecified atom stereocenters. The van der Waals surface area contributed by atoms with Crippen LogP contribution in [-0.4, -0.2) is 28.9 Å². The number of aromatic nitrogens is 1. The lowest BCUT2D eigenvalue weighted by molar-refractivity contribution is -0.384. The average molecular weight is 271 g/mol. The molecule has 1 aliphatic heterocycles. The Balaban J connectivity index is 2.41. The lowest BCUT2D eigenvalue weighted by Gasteiger charge is -2.16. The van der Waals surface area contributed by atoms with Gasteiger partial charge in [0.25, 0.3) is 0 Å². The number of nitrogens with two attached hydrogens (primary N) is 1. The molecule has 2 heterocycles. The third-order valence-corrected chi connectivity index (χ3v) is 3.06. The highest BCUT2D eigenvalue weighted by Gasteiger charge is 2.33. The molecule has 0 aliphatic carbocycles. The van der Waals surface area contributed by atoms with E-state index in [1.54, 1.807) is 0 Å². The molecule has 0 bridgehead atoms. The minimum atomic E-state index is -0.582. The van der Waals surface area contributed by atoms with Crippen molar-refractivity contribution in [1.82, 2.24) is 4.98 Å². The van der Waals surface area contributed by atoms with Crippen LogP contribution in [0, 0.1) is 16.0 Å². The molecule has 96 valence electrons. The van der Waals surface area contributed by atoms with E-state index in [4.69, 9.17) is 17.3 Å². The molecule has 1 aromatic heterocycles. The van der Waals surface area contributed by atoms with E-state index in [9.17, 15) is 14.9 Å². The normalized spacial score (nSPS) is 19.3. The van der Waals surface area contributed by atoms with E-state index in [2.05, 4.69) is 4.98 Å². The largest absolute Gasteiger partial charge is 0.330 e. The number of carbonyl (C=O) groups is 1. The summed E-state index contributed by atoms with van der Waals surface area (Å²) >= 11 is 5.72. The highest BCUT2D eigenvalue weighted by molar-refractivity contribution is 6.29. The summed E-state index contributed by atoms with van der Waals surface area (Å²) < 4.78 is 0. The predicted octanol–water partition coefficient (Wildman–Crippen LogP) is 0.955. The van der Waals surface area contributed by atoms with Gasteiger partial charge in [-0.15, -0.1) is 0 Å². The number of hydrogen-bond acceptors (Lipinski definition) is 5. The van der Waals surface area contributed by atoms with Crippen LogP contribution in [0.4, 0.5) is 11.4 Å². The van der Waals surface area contributed by atoms with Crippen molar-refractivity contribution in [1.29, 1.82) is 0 Å². The minimum absolute atomic E-state index is 0.0176. The number of hydrogen-bond donors (Lipinski definition) is 1. The van der Waals surface area contributed by atoms with Crippen LogP contribution in [0.1, 0.15) is 6.42 Å². The molecule has 2 N–H and O–H groups in total. The topological polar surface area (TPSA) is 102 Å². The fraction of sp³-hybridized carbons (Fsp3) is 0.400. The third-order valence-electron chi connectivity index (χ3n) is 2.85. The Morgan fingerprint density at radius 2 is 2.39 bits per heavy atom. The predicted molar refractivity (Wildman–Crippen MR) is 65.4 cm³/mol. The zero-order valence-corrected chi connectivity index (χ0v) is 10.1. The van der Waals surface area contributed by atoms with Crippen molar-refractivity contribution in [3.63, 3.8) is 0 Å². The molecule has 8 heteroatoms. The van der Waals surface area contributed by atoms with Gasteiger partial charge in [-0.05, 0) is 12.5 Å². The van der Waals surface area contributed by atoms with E-state index in [0.717, 1.165) is 6.20 Å². The molecule has 0 saturated carbocycles. The summed E-state index contributed by atoms with van der Waals surface area (Å²) in [5, 5.41) is 11.0. The van der Waals surface area contributed by atoms with Crippen molar-refractivity contribution < 1.29 is 9.72 Å². The van der Waals surface area contributed by atoms with Gasteiger partial charge in [-0.1, -0.05) is 11.6 Å². The van der Waals surface area contributed by atoms with E-state index in [1.807, 2.05) is 0 Å². The van der Waals surface area contributed by atoms with Crippen molar-refractivity contribution >= 4 is 28.9 Å². The van der Waals surface area contributed by atoms with Gasteiger partial charge in [0.15, 0.2) is 0 Å². The summed E-state index contributed by atoms with van der Waals surface area (Å²) in [4.78, 5) is 27.1. The SMILES string of the molecule is NCC1CC(=O)N(c2cc(Cl)ncc2[N+](=O)[O-])C1. The summed E-state index contributed by atoms with van der Waals surface area (Å²) in [7, 11) is 0. The number of amides is 1. The zero-order chi connectivity index (χ0) is 13.3. The second-order valence-corrected chi connectivity index (χ2v) is 4.45. The van der Waals surface area contributed by atoms with Gasteiger partial charge in [0.05, 0.1) is 4.92 Å². The molecule has 0 radical (unpaired) electrons. The van der Waals surface area contributed by atoms with Crippen molar-refractivity contribution in [3.05, 3.63) is 27.5 Å². The van der Waals surface area contributed by atoms with Crippen molar-refractivity contribution in [2.24, 2.45) is 11.7 Å². The summed E-state index contributed by atoms with van der Waals surface area (Å²) in [6, 6.07) is 1.33. The monoisotopic (exact) mass is 270 g/mol. The second-order valence-electron chi connectivity index (χ2n) is 4.06. The average Bonchev–Trinajstić information content (AvgIpc) is 2.70. The molecule has 0 spiro atoms. The number of nitro groups is 1. The van der Waals surface area contributed by atoms with Crippen LogP contribution in [0.5, 0.6) is 0 Å². The molecule has 1 fully saturated rings. The van der Waals surface area contributed by atoms with E-state index in [0.29, 0.717) is 19.5 Å². The van der Waals surface area contributed by atoms with Gasteiger partial charge in [0.1, 0.15) is 17.0 Å². The summed E-state index contributed by atoms with van der Waals surface area (Å²) in [6.45, 7) is 0.741. The molecule has 1 atom stereocenters. The fourth-order valence-corrected chi connectivity index (χ4v) is 2.09. The van der Waals surface area contributed by atoms with Gasteiger partial charge in [-0.3, -0.25) is 14.9 Å². The molecule has 1 amide bonds. The van der Waals surface area contributed by atoms with Gasteiger partial charge in [0, 0.05) is 19.0 Å². The molecule has 0 aromatic carbocycles. The number of rotatable bonds is 3. The maximum atomic E-state index is 11.8. The quantitative estimate of drug-likeness (QED) is 0.500. The van der Waals surface area contributed by atoms with Crippen LogP contribution in [0.2, 0.25) is 5.15 Å². The van der Waals surface area contributed by atoms with Gasteiger partial charge in [0.2, 0.25) is 5.91 Å². The maximum absolute atomic E-state index is 11.8. The van der Waals surface area contributed by atoms with E-state index >= 15 is 0 Å². The third kappa shape index (κ3) is 2.27. The number of carbonyl (C=O) groups excluding carboxylic acids is 1. The van der Waals surface area contributed by atoms with Gasteiger partial charge in [-0.2, -0.15) is 0 Å². The number of nitrogens with zero attached hydrogens (tertiary/aromatic N) is 3. The lowest BCUT2D eigenvalue weighted by Crippen LogP contribution is -2.26. The van der Waals surface area contributed by atoms with Crippen LogP contribution >= 0.6 is 11.6 Å². The Bertz CT molecular complexity index is 508. The van der Waals surface area contributed by atoms with Crippen molar-refractivity contribution in [3.8, 4) is 0 Å². The Kier molecular flexibility index (Phi) is 3.44. The van der Waals surface area contributed by atoms with E-state index in [1.165, 1.54) is 11.0 Å². The Labute approximate surface area is 108 Å². The summed E-state index contributed by atoms with van der Waals surface area (Å²) in [6.07, 6.45) is 1.36. The number of halogens is 1. The Morgan fingerprint density at radius 3 is 2.94 bits per heavy atom. The van der Waals surface area contributed by atoms with Crippen molar-refractivity contribution in [2.45, 2.75) is 6.42 Å². The second kappa shape index (κ2) is 4.87. The molecule has 1 saturated heterocycles. The minimum Gasteiger partial charge on any atom is -0.330 e. The summed E-state index contributed by atoms with van der Waals surface area (Å²) in [5.41, 5.74) is 5.46. The van der Waals surface area contributed by atoms with Crippen LogP contribution in [0.3, 0.4) is 0 Å². The first-order chi connectivity index (χ1) is 8.52. The first-order valence-corrected chi connectivity index (χ1v) is 5.71. The Hall–Kier alpha value is -1.73. The van der Waals surface area contributed by atoms with Crippen LogP contribution in [0.25, 0.3) is 0 Å². The standard InChI is InChI=1S/C10H11ClN4O3/c11-9-2-7(8(4-13-9)15(17)18)14-5-6(3-12)1-10(14)16/h2,4,6H,1,3,5,12H2.